The molecule has 108 valence electrons. The van der Waals surface area contributed by atoms with Crippen LogP contribution in [0.5, 0.6) is 0 Å². The molecule has 1 aliphatic carbocycles. The van der Waals surface area contributed by atoms with Gasteiger partial charge in [0.25, 0.3) is 0 Å². The minimum Gasteiger partial charge on any atom is -0.440 e. The molecule has 2 N–H and O–H groups in total. The molecule has 1 heterocycles. The van der Waals surface area contributed by atoms with Crippen molar-refractivity contribution >= 4 is 16.8 Å². The molecule has 0 amide bonds. The van der Waals surface area contributed by atoms with Gasteiger partial charge in [0.05, 0.1) is 0 Å². The fraction of sp³-hybridized carbons (Fsp3) is 0.588. The average molecular weight is 272 g/mol. The number of benzene rings is 1. The fourth-order valence-corrected chi connectivity index (χ4v) is 3.15. The van der Waals surface area contributed by atoms with Crippen LogP contribution in [0.15, 0.2) is 16.5 Å². The number of fused-ring (bicyclic) bond motifs is 1. The lowest BCUT2D eigenvalue weighted by atomic mass is 9.86. The first-order chi connectivity index (χ1) is 9.45. The van der Waals surface area contributed by atoms with Crippen LogP contribution in [0.25, 0.3) is 11.1 Å². The zero-order valence-corrected chi connectivity index (χ0v) is 12.7. The van der Waals surface area contributed by atoms with Crippen LogP contribution >= 0.6 is 0 Å². The third-order valence-corrected chi connectivity index (χ3v) is 4.29. The molecule has 0 radical (unpaired) electrons. The van der Waals surface area contributed by atoms with Gasteiger partial charge in [-0.05, 0) is 30.4 Å². The SMILES string of the molecule is CC(C)(C)c1cc(N)cc2nc(C3CCCCC3)oc12. The third kappa shape index (κ3) is 2.41. The summed E-state index contributed by atoms with van der Waals surface area (Å²) in [6.45, 7) is 6.55. The molecule has 0 atom stereocenters. The summed E-state index contributed by atoms with van der Waals surface area (Å²) in [5, 5.41) is 0. The Balaban J connectivity index is 2.10. The molecule has 1 fully saturated rings. The highest BCUT2D eigenvalue weighted by molar-refractivity contribution is 5.81. The monoisotopic (exact) mass is 272 g/mol. The van der Waals surface area contributed by atoms with Gasteiger partial charge in [0.1, 0.15) is 5.52 Å². The molecule has 3 nitrogen and oxygen atoms in total. The summed E-state index contributed by atoms with van der Waals surface area (Å²) in [4.78, 5) is 4.72. The Hall–Kier alpha value is -1.51. The Morgan fingerprint density at radius 1 is 1.15 bits per heavy atom. The number of hydrogen-bond acceptors (Lipinski definition) is 3. The van der Waals surface area contributed by atoms with Crippen molar-refractivity contribution < 1.29 is 4.42 Å². The minimum absolute atomic E-state index is 0.0109. The van der Waals surface area contributed by atoms with E-state index >= 15 is 0 Å². The van der Waals surface area contributed by atoms with Crippen molar-refractivity contribution in [3.05, 3.63) is 23.6 Å². The second kappa shape index (κ2) is 4.80. The Bertz CT molecular complexity index is 616. The maximum Gasteiger partial charge on any atom is 0.198 e. The molecule has 1 saturated carbocycles. The molecule has 2 aromatic rings. The van der Waals surface area contributed by atoms with Gasteiger partial charge in [-0.3, -0.25) is 0 Å². The van der Waals surface area contributed by atoms with E-state index in [1.807, 2.05) is 12.1 Å². The van der Waals surface area contributed by atoms with Crippen molar-refractivity contribution in [3.63, 3.8) is 0 Å². The summed E-state index contributed by atoms with van der Waals surface area (Å²) in [7, 11) is 0. The Morgan fingerprint density at radius 2 is 1.85 bits per heavy atom. The van der Waals surface area contributed by atoms with Gasteiger partial charge in [0, 0.05) is 17.2 Å². The zero-order valence-electron chi connectivity index (χ0n) is 12.7. The first-order valence-corrected chi connectivity index (χ1v) is 7.65. The number of nitrogen functional groups attached to an aromatic ring is 1. The van der Waals surface area contributed by atoms with Crippen molar-refractivity contribution in [2.24, 2.45) is 0 Å². The van der Waals surface area contributed by atoms with E-state index in [4.69, 9.17) is 15.1 Å². The number of anilines is 1. The van der Waals surface area contributed by atoms with Gasteiger partial charge in [-0.25, -0.2) is 4.98 Å². The highest BCUT2D eigenvalue weighted by Crippen LogP contribution is 2.37. The molecule has 0 saturated heterocycles. The summed E-state index contributed by atoms with van der Waals surface area (Å²) in [5.74, 6) is 1.40. The number of hydrogen-bond donors (Lipinski definition) is 1. The van der Waals surface area contributed by atoms with Gasteiger partial charge in [-0.1, -0.05) is 40.0 Å². The van der Waals surface area contributed by atoms with Crippen molar-refractivity contribution in [3.8, 4) is 0 Å². The van der Waals surface area contributed by atoms with Gasteiger partial charge < -0.3 is 10.2 Å². The lowest BCUT2D eigenvalue weighted by Gasteiger charge is -2.19. The second-order valence-corrected chi connectivity index (χ2v) is 7.05. The lowest BCUT2D eigenvalue weighted by Crippen LogP contribution is -2.11. The van der Waals surface area contributed by atoms with Crippen LogP contribution in [0.2, 0.25) is 0 Å². The largest absolute Gasteiger partial charge is 0.440 e. The van der Waals surface area contributed by atoms with Gasteiger partial charge in [0.15, 0.2) is 11.5 Å². The highest BCUT2D eigenvalue weighted by Gasteiger charge is 2.25. The number of oxazole rings is 1. The average Bonchev–Trinajstić information content (AvgIpc) is 2.81. The predicted octanol–water partition coefficient (Wildman–Crippen LogP) is 4.76. The van der Waals surface area contributed by atoms with E-state index in [1.165, 1.54) is 32.1 Å². The summed E-state index contributed by atoms with van der Waals surface area (Å²) < 4.78 is 6.15. The molecule has 20 heavy (non-hydrogen) atoms. The number of nitrogens with zero attached hydrogens (tertiary/aromatic N) is 1. The van der Waals surface area contributed by atoms with E-state index in [0.717, 1.165) is 28.2 Å². The maximum atomic E-state index is 6.15. The molecule has 3 heteroatoms. The van der Waals surface area contributed by atoms with Crippen LogP contribution in [-0.2, 0) is 5.41 Å². The Morgan fingerprint density at radius 3 is 2.50 bits per heavy atom. The smallest absolute Gasteiger partial charge is 0.198 e. The van der Waals surface area contributed by atoms with Crippen LogP contribution in [0.4, 0.5) is 5.69 Å². The standard InChI is InChI=1S/C17H24N2O/c1-17(2,3)13-9-12(18)10-14-15(13)20-16(19-14)11-7-5-4-6-8-11/h9-11H,4-8,18H2,1-3H3. The molecule has 0 aliphatic heterocycles. The zero-order chi connectivity index (χ0) is 14.3. The first kappa shape index (κ1) is 13.5. The summed E-state index contributed by atoms with van der Waals surface area (Å²) in [6.07, 6.45) is 6.33. The molecule has 1 aromatic carbocycles. The summed E-state index contributed by atoms with van der Waals surface area (Å²) in [6, 6.07) is 3.96. The molecule has 0 unspecified atom stereocenters. The van der Waals surface area contributed by atoms with Gasteiger partial charge in [0.2, 0.25) is 0 Å². The van der Waals surface area contributed by atoms with E-state index < -0.39 is 0 Å². The van der Waals surface area contributed by atoms with E-state index in [0.29, 0.717) is 5.92 Å². The second-order valence-electron chi connectivity index (χ2n) is 7.05. The van der Waals surface area contributed by atoms with E-state index in [1.54, 1.807) is 0 Å². The number of nitrogens with two attached hydrogens (primary N) is 1. The van der Waals surface area contributed by atoms with Crippen molar-refractivity contribution in [1.29, 1.82) is 0 Å². The van der Waals surface area contributed by atoms with Crippen molar-refractivity contribution in [1.82, 2.24) is 4.98 Å². The van der Waals surface area contributed by atoms with Crippen molar-refractivity contribution in [2.45, 2.75) is 64.2 Å². The van der Waals surface area contributed by atoms with Crippen LogP contribution in [-0.4, -0.2) is 4.98 Å². The molecule has 1 aromatic heterocycles. The quantitative estimate of drug-likeness (QED) is 0.762. The molecule has 0 bridgehead atoms. The maximum absolute atomic E-state index is 6.15. The minimum atomic E-state index is 0.0109. The molecule has 1 aliphatic rings. The number of rotatable bonds is 1. The molecular formula is C17H24N2O. The lowest BCUT2D eigenvalue weighted by molar-refractivity contribution is 0.372. The van der Waals surface area contributed by atoms with E-state index in [2.05, 4.69) is 20.8 Å². The molecule has 0 spiro atoms. The van der Waals surface area contributed by atoms with E-state index in [-0.39, 0.29) is 5.41 Å². The molecule has 3 rings (SSSR count). The summed E-state index contributed by atoms with van der Waals surface area (Å²) in [5.41, 5.74) is 9.80. The Kier molecular flexibility index (Phi) is 3.23. The summed E-state index contributed by atoms with van der Waals surface area (Å²) >= 11 is 0. The van der Waals surface area contributed by atoms with Crippen LogP contribution in [0, 0.1) is 0 Å². The third-order valence-electron chi connectivity index (χ3n) is 4.29. The highest BCUT2D eigenvalue weighted by atomic mass is 16.3. The van der Waals surface area contributed by atoms with Crippen molar-refractivity contribution in [2.75, 3.05) is 5.73 Å². The van der Waals surface area contributed by atoms with Crippen LogP contribution < -0.4 is 5.73 Å². The van der Waals surface area contributed by atoms with Gasteiger partial charge in [-0.15, -0.1) is 0 Å². The number of aromatic nitrogens is 1. The fourth-order valence-electron chi connectivity index (χ4n) is 3.15. The topological polar surface area (TPSA) is 52.0 Å². The predicted molar refractivity (Wildman–Crippen MR) is 82.9 cm³/mol. The first-order valence-electron chi connectivity index (χ1n) is 7.65. The normalized spacial score (nSPS) is 17.8. The Labute approximate surface area is 120 Å². The molecular weight excluding hydrogens is 248 g/mol. The van der Waals surface area contributed by atoms with Gasteiger partial charge in [-0.2, -0.15) is 0 Å². The van der Waals surface area contributed by atoms with Gasteiger partial charge >= 0.3 is 0 Å². The van der Waals surface area contributed by atoms with E-state index in [9.17, 15) is 0 Å². The van der Waals surface area contributed by atoms with Crippen LogP contribution in [0.3, 0.4) is 0 Å². The van der Waals surface area contributed by atoms with Crippen LogP contribution in [0.1, 0.15) is 70.2 Å².